The molecule has 0 amide bonds. The van der Waals surface area contributed by atoms with Gasteiger partial charge in [-0.25, -0.2) is 4.98 Å². The molecule has 0 aliphatic carbocycles. The van der Waals surface area contributed by atoms with Crippen LogP contribution in [-0.4, -0.2) is 46.3 Å². The fourth-order valence-corrected chi connectivity index (χ4v) is 2.18. The van der Waals surface area contributed by atoms with E-state index in [1.54, 1.807) is 18.8 Å². The second-order valence-corrected chi connectivity index (χ2v) is 5.44. The molecule has 0 unspecified atom stereocenters. The number of rotatable bonds is 3. The third-order valence-electron chi connectivity index (χ3n) is 3.51. The van der Waals surface area contributed by atoms with E-state index in [0.717, 1.165) is 18.0 Å². The van der Waals surface area contributed by atoms with E-state index < -0.39 is 11.7 Å². The Balaban J connectivity index is 1.94. The van der Waals surface area contributed by atoms with Crippen molar-refractivity contribution in [3.05, 3.63) is 47.5 Å². The van der Waals surface area contributed by atoms with E-state index >= 15 is 0 Å². The van der Waals surface area contributed by atoms with Gasteiger partial charge in [0.1, 0.15) is 12.2 Å². The molecule has 1 N–H and O–H groups in total. The Bertz CT molecular complexity index is 829. The zero-order chi connectivity index (χ0) is 19.2. The Morgan fingerprint density at radius 3 is 2.77 bits per heavy atom. The maximum Gasteiger partial charge on any atom is 0.416 e. The number of hydrogen-bond donors (Lipinski definition) is 1. The van der Waals surface area contributed by atoms with Crippen LogP contribution in [0.25, 0.3) is 0 Å². The van der Waals surface area contributed by atoms with Gasteiger partial charge in [0.2, 0.25) is 0 Å². The summed E-state index contributed by atoms with van der Waals surface area (Å²) in [6, 6.07) is 4.93. The monoisotopic (exact) mass is 364 g/mol. The second kappa shape index (κ2) is 8.38. The quantitative estimate of drug-likeness (QED) is 0.513. The first kappa shape index (κ1) is 19.3. The summed E-state index contributed by atoms with van der Waals surface area (Å²) in [7, 11) is 5.27. The van der Waals surface area contributed by atoms with Crippen LogP contribution >= 0.6 is 0 Å². The van der Waals surface area contributed by atoms with E-state index in [4.69, 9.17) is 0 Å². The van der Waals surface area contributed by atoms with Gasteiger partial charge >= 0.3 is 6.18 Å². The van der Waals surface area contributed by atoms with Crippen LogP contribution in [0.2, 0.25) is 0 Å². The lowest BCUT2D eigenvalue weighted by Gasteiger charge is -2.20. The normalized spacial score (nSPS) is 11.7. The van der Waals surface area contributed by atoms with Crippen LogP contribution in [0.4, 0.5) is 13.2 Å². The van der Waals surface area contributed by atoms with Gasteiger partial charge in [0.05, 0.1) is 18.7 Å². The molecule has 2 rings (SSSR count). The molecule has 1 aromatic heterocycles. The molecule has 0 saturated heterocycles. The highest BCUT2D eigenvalue weighted by molar-refractivity contribution is 5.79. The van der Waals surface area contributed by atoms with Crippen LogP contribution in [0.3, 0.4) is 0 Å². The number of nitrogens with one attached hydrogen (secondary N) is 1. The van der Waals surface area contributed by atoms with Crippen LogP contribution in [0.15, 0.2) is 35.6 Å². The lowest BCUT2D eigenvalue weighted by Crippen LogP contribution is -2.39. The first-order chi connectivity index (χ1) is 12.3. The predicted molar refractivity (Wildman–Crippen MR) is 92.2 cm³/mol. The fraction of sp³-hybridized carbons (Fsp3) is 0.353. The fourth-order valence-electron chi connectivity index (χ4n) is 2.18. The molecule has 0 atom stereocenters. The number of hydrogen-bond acceptors (Lipinski definition) is 3. The molecular formula is C17H19F3N6. The maximum absolute atomic E-state index is 12.7. The van der Waals surface area contributed by atoms with Gasteiger partial charge in [-0.15, -0.1) is 0 Å². The van der Waals surface area contributed by atoms with Crippen LogP contribution in [0.5, 0.6) is 0 Å². The average molecular weight is 364 g/mol. The molecule has 9 heteroatoms. The van der Waals surface area contributed by atoms with E-state index in [9.17, 15) is 13.2 Å². The van der Waals surface area contributed by atoms with Gasteiger partial charge in [-0.05, 0) is 18.2 Å². The molecule has 138 valence electrons. The van der Waals surface area contributed by atoms with Gasteiger partial charge in [0.15, 0.2) is 5.96 Å². The minimum Gasteiger partial charge on any atom is -0.345 e. The summed E-state index contributed by atoms with van der Waals surface area (Å²) in [5.41, 5.74) is -0.402. The maximum atomic E-state index is 12.7. The summed E-state index contributed by atoms with van der Waals surface area (Å²) in [6.45, 7) is 0.739. The highest BCUT2D eigenvalue weighted by Gasteiger charge is 2.30. The zero-order valence-corrected chi connectivity index (χ0v) is 14.7. The standard InChI is InChI=1S/C17H19F3N6/c1-21-16(25(2)11-15-23-12-24-26(15)3)22-9-5-7-13-6-4-8-14(10-13)17(18,19)20/h4,6,8,10,12H,9,11H2,1-3H3,(H,21,22). The number of aryl methyl sites for hydroxylation is 1. The lowest BCUT2D eigenvalue weighted by atomic mass is 10.1. The molecular weight excluding hydrogens is 345 g/mol. The Kier molecular flexibility index (Phi) is 6.22. The summed E-state index contributed by atoms with van der Waals surface area (Å²) in [4.78, 5) is 10.1. The topological polar surface area (TPSA) is 58.3 Å². The molecule has 0 fully saturated rings. The van der Waals surface area contributed by atoms with Crippen molar-refractivity contribution in [3.8, 4) is 11.8 Å². The van der Waals surface area contributed by atoms with Crippen molar-refractivity contribution in [1.82, 2.24) is 25.0 Å². The molecule has 6 nitrogen and oxygen atoms in total. The van der Waals surface area contributed by atoms with Crippen LogP contribution in [0.1, 0.15) is 17.0 Å². The number of nitrogens with zero attached hydrogens (tertiary/aromatic N) is 5. The van der Waals surface area contributed by atoms with E-state index in [-0.39, 0.29) is 6.54 Å². The Morgan fingerprint density at radius 1 is 1.38 bits per heavy atom. The van der Waals surface area contributed by atoms with Crippen LogP contribution in [0, 0.1) is 11.8 Å². The number of guanidine groups is 1. The zero-order valence-electron chi connectivity index (χ0n) is 14.7. The molecule has 0 bridgehead atoms. The lowest BCUT2D eigenvalue weighted by molar-refractivity contribution is -0.137. The first-order valence-electron chi connectivity index (χ1n) is 7.72. The van der Waals surface area contributed by atoms with Crippen molar-refractivity contribution >= 4 is 5.96 Å². The summed E-state index contributed by atoms with van der Waals surface area (Å²) in [6.07, 6.45) is -2.90. The molecule has 1 aromatic carbocycles. The van der Waals surface area contributed by atoms with E-state index in [1.807, 2.05) is 11.9 Å². The third-order valence-corrected chi connectivity index (χ3v) is 3.51. The Labute approximate surface area is 149 Å². The predicted octanol–water partition coefficient (Wildman–Crippen LogP) is 1.89. The highest BCUT2D eigenvalue weighted by atomic mass is 19.4. The molecule has 26 heavy (non-hydrogen) atoms. The van der Waals surface area contributed by atoms with E-state index in [1.165, 1.54) is 18.5 Å². The van der Waals surface area contributed by atoms with Crippen molar-refractivity contribution in [2.45, 2.75) is 12.7 Å². The molecule has 0 aliphatic heterocycles. The number of alkyl halides is 3. The molecule has 0 saturated carbocycles. The van der Waals surface area contributed by atoms with Crippen molar-refractivity contribution < 1.29 is 13.2 Å². The average Bonchev–Trinajstić information content (AvgIpc) is 2.99. The SMILES string of the molecule is CN=C(NCC#Cc1cccc(C(F)(F)F)c1)N(C)Cc1ncnn1C. The molecule has 0 radical (unpaired) electrons. The largest absolute Gasteiger partial charge is 0.416 e. The summed E-state index contributed by atoms with van der Waals surface area (Å²) < 4.78 is 39.7. The first-order valence-corrected chi connectivity index (χ1v) is 7.72. The van der Waals surface area contributed by atoms with Crippen molar-refractivity contribution in [3.63, 3.8) is 0 Å². The second-order valence-electron chi connectivity index (χ2n) is 5.44. The minimum absolute atomic E-state index is 0.242. The van der Waals surface area contributed by atoms with Gasteiger partial charge in [-0.1, -0.05) is 17.9 Å². The highest BCUT2D eigenvalue weighted by Crippen LogP contribution is 2.29. The van der Waals surface area contributed by atoms with Crippen LogP contribution in [-0.2, 0) is 19.8 Å². The molecule has 1 heterocycles. The van der Waals surface area contributed by atoms with Gasteiger partial charge in [-0.3, -0.25) is 9.67 Å². The third kappa shape index (κ3) is 5.24. The van der Waals surface area contributed by atoms with Gasteiger partial charge in [-0.2, -0.15) is 18.3 Å². The minimum atomic E-state index is -4.37. The van der Waals surface area contributed by atoms with Gasteiger partial charge in [0, 0.05) is 26.7 Å². The van der Waals surface area contributed by atoms with E-state index in [2.05, 4.69) is 32.2 Å². The molecule has 2 aromatic rings. The molecule has 0 aliphatic rings. The van der Waals surface area contributed by atoms with E-state index in [0.29, 0.717) is 18.1 Å². The smallest absolute Gasteiger partial charge is 0.345 e. The number of aliphatic imine (C=N–C) groups is 1. The summed E-state index contributed by atoms with van der Waals surface area (Å²) in [5, 5.41) is 7.04. The van der Waals surface area contributed by atoms with Gasteiger partial charge in [0.25, 0.3) is 0 Å². The summed E-state index contributed by atoms with van der Waals surface area (Å²) >= 11 is 0. The van der Waals surface area contributed by atoms with Crippen LogP contribution < -0.4 is 5.32 Å². The number of halogens is 3. The van der Waals surface area contributed by atoms with Gasteiger partial charge < -0.3 is 10.2 Å². The van der Waals surface area contributed by atoms with Crippen molar-refractivity contribution in [1.29, 1.82) is 0 Å². The number of aromatic nitrogens is 3. The molecule has 0 spiro atoms. The van der Waals surface area contributed by atoms with Crippen molar-refractivity contribution in [2.75, 3.05) is 20.6 Å². The van der Waals surface area contributed by atoms with Crippen molar-refractivity contribution in [2.24, 2.45) is 12.0 Å². The number of benzene rings is 1. The Morgan fingerprint density at radius 2 is 2.15 bits per heavy atom. The Hall–Kier alpha value is -3.02. The summed E-state index contributed by atoms with van der Waals surface area (Å²) in [5.74, 6) is 6.88.